The first-order valence-electron chi connectivity index (χ1n) is 8.01. The average Bonchev–Trinajstić information content (AvgIpc) is 2.78. The van der Waals surface area contributed by atoms with Crippen molar-refractivity contribution in [1.82, 2.24) is 5.32 Å². The van der Waals surface area contributed by atoms with Crippen LogP contribution in [0, 0.1) is 12.8 Å². The van der Waals surface area contributed by atoms with Crippen LogP contribution in [0.15, 0.2) is 22.8 Å². The molecule has 0 amide bonds. The first-order valence-corrected chi connectivity index (χ1v) is 8.01. The summed E-state index contributed by atoms with van der Waals surface area (Å²) in [6, 6.07) is 4.44. The molecule has 2 nitrogen and oxygen atoms in total. The largest absolute Gasteiger partial charge is 0.464 e. The van der Waals surface area contributed by atoms with Gasteiger partial charge in [0.1, 0.15) is 5.58 Å². The van der Waals surface area contributed by atoms with Crippen molar-refractivity contribution in [3.05, 3.63) is 35.1 Å². The third kappa shape index (κ3) is 3.68. The Morgan fingerprint density at radius 3 is 2.52 bits per heavy atom. The minimum absolute atomic E-state index is 0.108. The molecule has 1 aromatic carbocycles. The molecule has 1 N–H and O–H groups in total. The topological polar surface area (TPSA) is 25.2 Å². The zero-order chi connectivity index (χ0) is 15.6. The van der Waals surface area contributed by atoms with Crippen molar-refractivity contribution < 1.29 is 4.42 Å². The molecule has 0 fully saturated rings. The summed E-state index contributed by atoms with van der Waals surface area (Å²) in [5, 5.41) is 4.82. The third-order valence-electron chi connectivity index (χ3n) is 3.94. The fourth-order valence-corrected chi connectivity index (χ4v) is 2.78. The number of benzene rings is 1. The van der Waals surface area contributed by atoms with Crippen LogP contribution in [0.5, 0.6) is 0 Å². The Kier molecular flexibility index (Phi) is 4.77. The Balaban J connectivity index is 2.26. The predicted octanol–water partition coefficient (Wildman–Crippen LogP) is 4.83. The first-order chi connectivity index (χ1) is 9.80. The Morgan fingerprint density at radius 2 is 1.90 bits per heavy atom. The number of rotatable bonds is 5. The zero-order valence-electron chi connectivity index (χ0n) is 14.3. The number of aryl methyl sites for hydroxylation is 1. The minimum Gasteiger partial charge on any atom is -0.464 e. The SMILES string of the molecule is Cc1ccc(C(C)(C)C)c2occ(CCNCC(C)C)c12. The summed E-state index contributed by atoms with van der Waals surface area (Å²) in [5.74, 6) is 0.695. The summed E-state index contributed by atoms with van der Waals surface area (Å²) in [4.78, 5) is 0. The maximum Gasteiger partial charge on any atom is 0.138 e. The van der Waals surface area contributed by atoms with E-state index in [1.807, 2.05) is 6.26 Å². The van der Waals surface area contributed by atoms with Gasteiger partial charge in [-0.05, 0) is 48.9 Å². The van der Waals surface area contributed by atoms with Gasteiger partial charge in [0.25, 0.3) is 0 Å². The highest BCUT2D eigenvalue weighted by molar-refractivity contribution is 5.87. The molecule has 2 rings (SSSR count). The summed E-state index contributed by atoms with van der Waals surface area (Å²) < 4.78 is 5.94. The molecule has 2 aromatic rings. The highest BCUT2D eigenvalue weighted by Crippen LogP contribution is 2.34. The standard InChI is InChI=1S/C19H29NO/c1-13(2)11-20-10-9-15-12-21-18-16(19(4,5)6)8-7-14(3)17(15)18/h7-8,12-13,20H,9-11H2,1-6H3. The van der Waals surface area contributed by atoms with Gasteiger partial charge in [0, 0.05) is 10.9 Å². The molecular formula is C19H29NO. The van der Waals surface area contributed by atoms with Crippen LogP contribution in [0.25, 0.3) is 11.0 Å². The minimum atomic E-state index is 0.108. The summed E-state index contributed by atoms with van der Waals surface area (Å²) in [6.45, 7) is 15.4. The van der Waals surface area contributed by atoms with E-state index in [1.54, 1.807) is 0 Å². The fraction of sp³-hybridized carbons (Fsp3) is 0.579. The van der Waals surface area contributed by atoms with Crippen LogP contribution in [0.4, 0.5) is 0 Å². The van der Waals surface area contributed by atoms with Gasteiger partial charge in [0.2, 0.25) is 0 Å². The van der Waals surface area contributed by atoms with Crippen molar-refractivity contribution in [3.63, 3.8) is 0 Å². The molecule has 0 spiro atoms. The van der Waals surface area contributed by atoms with E-state index in [0.717, 1.165) is 25.1 Å². The molecule has 0 aliphatic rings. The Morgan fingerprint density at radius 1 is 1.19 bits per heavy atom. The molecule has 0 saturated carbocycles. The van der Waals surface area contributed by atoms with Gasteiger partial charge in [-0.25, -0.2) is 0 Å². The number of furan rings is 1. The molecule has 1 heterocycles. The zero-order valence-corrected chi connectivity index (χ0v) is 14.3. The number of fused-ring (bicyclic) bond motifs is 1. The average molecular weight is 287 g/mol. The quantitative estimate of drug-likeness (QED) is 0.797. The molecule has 116 valence electrons. The van der Waals surface area contributed by atoms with E-state index in [4.69, 9.17) is 4.42 Å². The van der Waals surface area contributed by atoms with Gasteiger partial charge < -0.3 is 9.73 Å². The second-order valence-corrected chi connectivity index (χ2v) is 7.49. The second kappa shape index (κ2) is 6.23. The summed E-state index contributed by atoms with van der Waals surface area (Å²) in [6.07, 6.45) is 2.97. The summed E-state index contributed by atoms with van der Waals surface area (Å²) >= 11 is 0. The maximum absolute atomic E-state index is 5.94. The van der Waals surface area contributed by atoms with E-state index < -0.39 is 0 Å². The van der Waals surface area contributed by atoms with E-state index >= 15 is 0 Å². The van der Waals surface area contributed by atoms with Crippen LogP contribution in [-0.2, 0) is 11.8 Å². The molecule has 0 aliphatic heterocycles. The fourth-order valence-electron chi connectivity index (χ4n) is 2.78. The number of nitrogens with one attached hydrogen (secondary N) is 1. The lowest BCUT2D eigenvalue weighted by Crippen LogP contribution is -2.22. The van der Waals surface area contributed by atoms with Crippen molar-refractivity contribution in [3.8, 4) is 0 Å². The van der Waals surface area contributed by atoms with Crippen LogP contribution < -0.4 is 5.32 Å². The highest BCUT2D eigenvalue weighted by Gasteiger charge is 2.21. The number of hydrogen-bond donors (Lipinski definition) is 1. The van der Waals surface area contributed by atoms with Crippen molar-refractivity contribution in [1.29, 1.82) is 0 Å². The summed E-state index contributed by atoms with van der Waals surface area (Å²) in [7, 11) is 0. The lowest BCUT2D eigenvalue weighted by Gasteiger charge is -2.19. The van der Waals surface area contributed by atoms with Crippen molar-refractivity contribution in [2.24, 2.45) is 5.92 Å². The van der Waals surface area contributed by atoms with Crippen molar-refractivity contribution in [2.45, 2.75) is 53.4 Å². The van der Waals surface area contributed by atoms with Crippen LogP contribution in [0.2, 0.25) is 0 Å². The normalized spacial score (nSPS) is 12.5. The number of hydrogen-bond acceptors (Lipinski definition) is 2. The molecular weight excluding hydrogens is 258 g/mol. The Bertz CT molecular complexity index is 602. The van der Waals surface area contributed by atoms with Gasteiger partial charge in [-0.2, -0.15) is 0 Å². The lowest BCUT2D eigenvalue weighted by molar-refractivity contribution is 0.547. The van der Waals surface area contributed by atoms with Crippen LogP contribution in [-0.4, -0.2) is 13.1 Å². The van der Waals surface area contributed by atoms with Gasteiger partial charge in [0.15, 0.2) is 0 Å². The third-order valence-corrected chi connectivity index (χ3v) is 3.94. The van der Waals surface area contributed by atoms with Crippen molar-refractivity contribution >= 4 is 11.0 Å². The van der Waals surface area contributed by atoms with Crippen LogP contribution >= 0.6 is 0 Å². The van der Waals surface area contributed by atoms with Gasteiger partial charge in [-0.3, -0.25) is 0 Å². The molecule has 0 atom stereocenters. The lowest BCUT2D eigenvalue weighted by atomic mass is 9.85. The van der Waals surface area contributed by atoms with Gasteiger partial charge in [-0.15, -0.1) is 0 Å². The van der Waals surface area contributed by atoms with E-state index in [1.165, 1.54) is 22.1 Å². The molecule has 0 aliphatic carbocycles. The molecule has 1 aromatic heterocycles. The molecule has 0 bridgehead atoms. The molecule has 2 heteroatoms. The monoisotopic (exact) mass is 287 g/mol. The Hall–Kier alpha value is -1.28. The van der Waals surface area contributed by atoms with Gasteiger partial charge >= 0.3 is 0 Å². The van der Waals surface area contributed by atoms with E-state index in [0.29, 0.717) is 5.92 Å². The van der Waals surface area contributed by atoms with E-state index in [9.17, 15) is 0 Å². The van der Waals surface area contributed by atoms with Gasteiger partial charge in [-0.1, -0.05) is 46.8 Å². The predicted molar refractivity (Wildman–Crippen MR) is 91.1 cm³/mol. The van der Waals surface area contributed by atoms with Crippen molar-refractivity contribution in [2.75, 3.05) is 13.1 Å². The summed E-state index contributed by atoms with van der Waals surface area (Å²) in [5.41, 5.74) is 5.11. The smallest absolute Gasteiger partial charge is 0.138 e. The van der Waals surface area contributed by atoms with Gasteiger partial charge in [0.05, 0.1) is 6.26 Å². The first kappa shape index (κ1) is 16.1. The van der Waals surface area contributed by atoms with E-state index in [-0.39, 0.29) is 5.41 Å². The van der Waals surface area contributed by atoms with E-state index in [2.05, 4.69) is 59.0 Å². The molecule has 0 unspecified atom stereocenters. The highest BCUT2D eigenvalue weighted by atomic mass is 16.3. The molecule has 0 saturated heterocycles. The maximum atomic E-state index is 5.94. The Labute approximate surface area is 128 Å². The molecule has 0 radical (unpaired) electrons. The van der Waals surface area contributed by atoms with Crippen LogP contribution in [0.3, 0.4) is 0 Å². The van der Waals surface area contributed by atoms with Crippen LogP contribution in [0.1, 0.15) is 51.3 Å². The molecule has 21 heavy (non-hydrogen) atoms. The second-order valence-electron chi connectivity index (χ2n) is 7.49.